The van der Waals surface area contributed by atoms with Crippen molar-refractivity contribution in [2.75, 3.05) is 49.6 Å². The lowest BCUT2D eigenvalue weighted by molar-refractivity contribution is -0.116. The molecule has 0 aliphatic carbocycles. The molecule has 0 saturated carbocycles. The molecule has 0 bridgehead atoms. The lowest BCUT2D eigenvalue weighted by Crippen LogP contribution is -2.47. The van der Waals surface area contributed by atoms with E-state index in [0.29, 0.717) is 75.0 Å². The van der Waals surface area contributed by atoms with E-state index in [1.54, 1.807) is 4.57 Å². The molecule has 10 nitrogen and oxygen atoms in total. The molecule has 1 aromatic carbocycles. The summed E-state index contributed by atoms with van der Waals surface area (Å²) < 4.78 is 48.7. The van der Waals surface area contributed by atoms with E-state index in [9.17, 15) is 22.8 Å². The second kappa shape index (κ2) is 11.2. The lowest BCUT2D eigenvalue weighted by atomic mass is 10.1. The minimum absolute atomic E-state index is 0.0915. The molecule has 0 unspecified atom stereocenters. The van der Waals surface area contributed by atoms with Crippen LogP contribution in [0.15, 0.2) is 23.0 Å². The van der Waals surface area contributed by atoms with Crippen LogP contribution in [0, 0.1) is 12.7 Å². The molecule has 39 heavy (non-hydrogen) atoms. The van der Waals surface area contributed by atoms with Gasteiger partial charge in [-0.25, -0.2) is 13.2 Å². The fraction of sp³-hybridized carbons (Fsp3) is 0.462. The molecule has 4 heterocycles. The zero-order valence-electron chi connectivity index (χ0n) is 21.8. The number of anilines is 2. The number of nitrogens with zero attached hydrogens (tertiary/aromatic N) is 5. The first-order valence-electron chi connectivity index (χ1n) is 12.9. The van der Waals surface area contributed by atoms with Gasteiger partial charge in [0.25, 0.3) is 12.0 Å². The Balaban J connectivity index is 1.58. The van der Waals surface area contributed by atoms with Gasteiger partial charge in [0.1, 0.15) is 18.0 Å². The number of rotatable bonds is 7. The summed E-state index contributed by atoms with van der Waals surface area (Å²) in [4.78, 5) is 33.6. The molecule has 0 radical (unpaired) electrons. The van der Waals surface area contributed by atoms with E-state index >= 15 is 0 Å². The minimum atomic E-state index is -2.97. The first-order valence-corrected chi connectivity index (χ1v) is 12.9. The fourth-order valence-corrected chi connectivity index (χ4v) is 5.02. The molecule has 1 amide bonds. The Kier molecular flexibility index (Phi) is 7.71. The van der Waals surface area contributed by atoms with Crippen LogP contribution in [0.5, 0.6) is 0 Å². The molecule has 2 N–H and O–H groups in total. The van der Waals surface area contributed by atoms with Gasteiger partial charge >= 0.3 is 0 Å². The largest absolute Gasteiger partial charge is 0.377 e. The second-order valence-corrected chi connectivity index (χ2v) is 9.52. The number of piperazine rings is 1. The Morgan fingerprint density at radius 2 is 2.03 bits per heavy atom. The van der Waals surface area contributed by atoms with Crippen molar-refractivity contribution >= 4 is 28.6 Å². The highest BCUT2D eigenvalue weighted by Crippen LogP contribution is 2.28. The van der Waals surface area contributed by atoms with E-state index in [1.807, 2.05) is 17.9 Å². The maximum absolute atomic E-state index is 14.3. The summed E-state index contributed by atoms with van der Waals surface area (Å²) in [6.45, 7) is 6.73. The molecule has 2 aliphatic rings. The summed E-state index contributed by atoms with van der Waals surface area (Å²) in [7, 11) is 0. The smallest absolute Gasteiger partial charge is 0.299 e. The third-order valence-corrected chi connectivity index (χ3v) is 7.00. The van der Waals surface area contributed by atoms with E-state index in [2.05, 4.69) is 20.7 Å². The number of halogens is 3. The predicted octanol–water partition coefficient (Wildman–Crippen LogP) is 2.69. The number of aryl methyl sites for hydroxylation is 1. The Labute approximate surface area is 222 Å². The van der Waals surface area contributed by atoms with Gasteiger partial charge in [-0.2, -0.15) is 9.50 Å². The summed E-state index contributed by atoms with van der Waals surface area (Å²) in [5.41, 5.74) is 1.30. The summed E-state index contributed by atoms with van der Waals surface area (Å²) in [6, 6.07) is 1.93. The van der Waals surface area contributed by atoms with Crippen molar-refractivity contribution in [3.63, 3.8) is 0 Å². The Bertz CT molecular complexity index is 1490. The van der Waals surface area contributed by atoms with Crippen molar-refractivity contribution in [3.05, 3.63) is 57.0 Å². The number of alkyl halides is 2. The molecule has 2 aliphatic heterocycles. The zero-order chi connectivity index (χ0) is 27.7. The van der Waals surface area contributed by atoms with E-state index < -0.39 is 23.7 Å². The van der Waals surface area contributed by atoms with Crippen LogP contribution >= 0.6 is 0 Å². The van der Waals surface area contributed by atoms with Crippen LogP contribution in [0.2, 0.25) is 0 Å². The minimum Gasteiger partial charge on any atom is -0.377 e. The number of ether oxygens (including phenoxy) is 1. The van der Waals surface area contributed by atoms with Crippen molar-refractivity contribution in [1.29, 1.82) is 0 Å². The molecule has 13 heteroatoms. The van der Waals surface area contributed by atoms with Gasteiger partial charge in [0.15, 0.2) is 5.82 Å². The van der Waals surface area contributed by atoms with Crippen LogP contribution in [-0.4, -0.2) is 64.5 Å². The molecule has 2 aromatic heterocycles. The van der Waals surface area contributed by atoms with Gasteiger partial charge in [-0.3, -0.25) is 9.59 Å². The van der Waals surface area contributed by atoms with Crippen molar-refractivity contribution < 1.29 is 22.7 Å². The molecule has 1 saturated heterocycles. The van der Waals surface area contributed by atoms with Crippen LogP contribution in [0.4, 0.5) is 24.5 Å². The predicted molar refractivity (Wildman–Crippen MR) is 140 cm³/mol. The summed E-state index contributed by atoms with van der Waals surface area (Å²) in [6.07, 6.45) is -0.0614. The first kappa shape index (κ1) is 26.9. The normalized spacial score (nSPS) is 16.2. The van der Waals surface area contributed by atoms with E-state index in [-0.39, 0.29) is 23.6 Å². The summed E-state index contributed by atoms with van der Waals surface area (Å²) >= 11 is 0. The van der Waals surface area contributed by atoms with Crippen LogP contribution in [0.3, 0.4) is 0 Å². The molecule has 0 atom stereocenters. The van der Waals surface area contributed by atoms with Crippen molar-refractivity contribution in [3.8, 4) is 0 Å². The molecule has 5 rings (SSSR count). The van der Waals surface area contributed by atoms with E-state index in [0.717, 1.165) is 17.7 Å². The summed E-state index contributed by atoms with van der Waals surface area (Å²) in [5.74, 6) is -1.02. The third kappa shape index (κ3) is 5.28. The molecule has 208 valence electrons. The highest BCUT2D eigenvalue weighted by molar-refractivity contribution is 5.91. The Morgan fingerprint density at radius 3 is 2.69 bits per heavy atom. The lowest BCUT2D eigenvalue weighted by Gasteiger charge is -2.31. The van der Waals surface area contributed by atoms with Crippen molar-refractivity contribution in [2.24, 2.45) is 0 Å². The number of fused-ring (bicyclic) bond motifs is 1. The number of hydrogen-bond acceptors (Lipinski definition) is 7. The zero-order valence-corrected chi connectivity index (χ0v) is 21.8. The average molecular weight is 546 g/mol. The molecule has 0 spiro atoms. The highest BCUT2D eigenvalue weighted by atomic mass is 19.3. The molecular weight excluding hydrogens is 515 g/mol. The van der Waals surface area contributed by atoms with Crippen LogP contribution < -0.4 is 21.1 Å². The Hall–Kier alpha value is -3.71. The van der Waals surface area contributed by atoms with Gasteiger partial charge in [0.2, 0.25) is 11.7 Å². The van der Waals surface area contributed by atoms with Gasteiger partial charge in [-0.1, -0.05) is 13.0 Å². The number of carbonyl (C=O) groups is 1. The number of amides is 1. The Morgan fingerprint density at radius 1 is 1.26 bits per heavy atom. The third-order valence-electron chi connectivity index (χ3n) is 7.00. The number of nitrogens with one attached hydrogen (secondary N) is 2. The number of carbonyl (C=O) groups excluding carboxylic acids is 1. The number of benzene rings is 1. The SMILES string of the molecule is CCc1c(N2CCNCC2)c(=O)n2nc(C3=CCOCC3)nc2n1CC(=O)Nc1cc(F)c(C(F)F)cc1C. The topological polar surface area (TPSA) is 106 Å². The van der Waals surface area contributed by atoms with Crippen molar-refractivity contribution in [1.82, 2.24) is 24.5 Å². The molecular formula is C26H30F3N7O3. The van der Waals surface area contributed by atoms with Gasteiger partial charge < -0.3 is 24.8 Å². The maximum atomic E-state index is 14.3. The fourth-order valence-electron chi connectivity index (χ4n) is 5.02. The quantitative estimate of drug-likeness (QED) is 0.470. The standard InChI is InChI=1S/C26H30F3N7O3/c1-3-20-22(34-8-6-30-7-9-34)25(38)36-26(32-24(33-36)16-4-10-39-11-5-16)35(20)14-21(37)31-19-13-18(27)17(23(28)29)12-15(19)2/h4,12-13,23,30H,3,5-11,14H2,1-2H3,(H,31,37). The van der Waals surface area contributed by atoms with Crippen LogP contribution in [-0.2, 0) is 22.5 Å². The first-order chi connectivity index (χ1) is 18.8. The number of aromatic nitrogens is 4. The van der Waals surface area contributed by atoms with Crippen molar-refractivity contribution in [2.45, 2.75) is 39.7 Å². The monoisotopic (exact) mass is 545 g/mol. The van der Waals surface area contributed by atoms with Gasteiger partial charge in [-0.05, 0) is 43.0 Å². The number of hydrogen-bond donors (Lipinski definition) is 2. The van der Waals surface area contributed by atoms with Gasteiger partial charge in [0.05, 0.1) is 24.5 Å². The molecule has 3 aromatic rings. The van der Waals surface area contributed by atoms with Gasteiger partial charge in [0, 0.05) is 31.9 Å². The van der Waals surface area contributed by atoms with Gasteiger partial charge in [-0.15, -0.1) is 5.10 Å². The van der Waals surface area contributed by atoms with Crippen LogP contribution in [0.1, 0.15) is 42.4 Å². The highest BCUT2D eigenvalue weighted by Gasteiger charge is 2.26. The maximum Gasteiger partial charge on any atom is 0.299 e. The van der Waals surface area contributed by atoms with E-state index in [4.69, 9.17) is 4.74 Å². The second-order valence-electron chi connectivity index (χ2n) is 9.52. The van der Waals surface area contributed by atoms with E-state index in [1.165, 1.54) is 11.4 Å². The molecule has 1 fully saturated rings. The van der Waals surface area contributed by atoms with Crippen LogP contribution in [0.25, 0.3) is 11.4 Å². The summed E-state index contributed by atoms with van der Waals surface area (Å²) in [5, 5.41) is 10.4. The average Bonchev–Trinajstić information content (AvgIpc) is 3.39.